The van der Waals surface area contributed by atoms with E-state index in [-0.39, 0.29) is 37.4 Å². The second-order valence-corrected chi connectivity index (χ2v) is 19.8. The van der Waals surface area contributed by atoms with Gasteiger partial charge in [-0.05, 0) is 96.1 Å². The van der Waals surface area contributed by atoms with Gasteiger partial charge in [-0.1, -0.05) is 75.7 Å². The lowest BCUT2D eigenvalue weighted by Crippen LogP contribution is -2.63. The molecule has 0 saturated carbocycles. The van der Waals surface area contributed by atoms with Crippen LogP contribution in [0.4, 0.5) is 5.69 Å². The molecule has 0 bridgehead atoms. The molecule has 3 saturated heterocycles. The summed E-state index contributed by atoms with van der Waals surface area (Å²) in [5.41, 5.74) is 2.54. The van der Waals surface area contributed by atoms with E-state index in [2.05, 4.69) is 47.9 Å². The third kappa shape index (κ3) is 14.8. The summed E-state index contributed by atoms with van der Waals surface area (Å²) in [5, 5.41) is 49.9. The molecule has 1 aromatic rings. The second-order valence-electron chi connectivity index (χ2n) is 19.8. The number of aliphatic hydroxyl groups excluding tert-OH is 4. The monoisotopic (exact) mass is 912 g/mol. The molecular weight excluding hydrogens is 831 g/mol. The van der Waals surface area contributed by atoms with E-state index in [0.717, 1.165) is 30.9 Å². The SMILES string of the molecule is CC[C@H]1OC(=O)C[C@@H](O)C(C)[C@@H](O[C@H]2O[C@@H](C)[C@H](O)[C@@H](N(C)C)[C@@H]2O)[C@@H](CCN2CC(C)CC(C)C2)C[C@@H](C)C(=N/OCC(=O)N2CCN(c3ccccc3)CC2)/C=C/C(C)=C/C1CO. The molecule has 0 spiro atoms. The number of nitrogens with zero attached hydrogens (tertiary/aromatic N) is 5. The lowest BCUT2D eigenvalue weighted by molar-refractivity contribution is -0.304. The van der Waals surface area contributed by atoms with Gasteiger partial charge in [0, 0.05) is 62.7 Å². The van der Waals surface area contributed by atoms with E-state index >= 15 is 0 Å². The van der Waals surface area contributed by atoms with Crippen LogP contribution in [0, 0.1) is 35.5 Å². The summed E-state index contributed by atoms with van der Waals surface area (Å²) in [6, 6.07) is 9.50. The van der Waals surface area contributed by atoms with E-state index in [1.165, 1.54) is 6.42 Å². The van der Waals surface area contributed by atoms with Gasteiger partial charge >= 0.3 is 5.97 Å². The van der Waals surface area contributed by atoms with E-state index in [1.807, 2.05) is 62.1 Å². The second kappa shape index (κ2) is 25.1. The highest BCUT2D eigenvalue weighted by Gasteiger charge is 2.47. The van der Waals surface area contributed by atoms with Crippen LogP contribution in [-0.4, -0.2) is 175 Å². The molecule has 4 aliphatic rings. The molecule has 0 radical (unpaired) electrons. The molecule has 15 heteroatoms. The first-order chi connectivity index (χ1) is 31.0. The molecule has 14 atom stereocenters. The molecule has 65 heavy (non-hydrogen) atoms. The predicted octanol–water partition coefficient (Wildman–Crippen LogP) is 4.33. The van der Waals surface area contributed by atoms with Crippen LogP contribution in [0.5, 0.6) is 0 Å². The average molecular weight is 912 g/mol. The molecule has 3 fully saturated rings. The quantitative estimate of drug-likeness (QED) is 0.172. The van der Waals surface area contributed by atoms with E-state index in [9.17, 15) is 30.0 Å². The Morgan fingerprint density at radius 3 is 2.25 bits per heavy atom. The van der Waals surface area contributed by atoms with Crippen molar-refractivity contribution in [2.24, 2.45) is 40.7 Å². The van der Waals surface area contributed by atoms with Crippen LogP contribution < -0.4 is 4.90 Å². The third-order valence-electron chi connectivity index (χ3n) is 14.1. The maximum atomic E-state index is 13.6. The molecule has 5 rings (SSSR count). The number of cyclic esters (lactones) is 1. The third-order valence-corrected chi connectivity index (χ3v) is 14.1. The molecule has 0 aromatic heterocycles. The molecule has 4 unspecified atom stereocenters. The fourth-order valence-corrected chi connectivity index (χ4v) is 10.4. The molecule has 1 amide bonds. The number of amides is 1. The van der Waals surface area contributed by atoms with Crippen LogP contribution in [0.3, 0.4) is 0 Å². The number of oxime groups is 1. The van der Waals surface area contributed by atoms with Crippen molar-refractivity contribution in [3.8, 4) is 0 Å². The van der Waals surface area contributed by atoms with Crippen LogP contribution in [0.1, 0.15) is 80.6 Å². The van der Waals surface area contributed by atoms with Crippen LogP contribution in [0.2, 0.25) is 0 Å². The van der Waals surface area contributed by atoms with Gasteiger partial charge in [0.15, 0.2) is 12.9 Å². The number of allylic oxidation sites excluding steroid dienone is 3. The number of carbonyl (C=O) groups excluding carboxylic acids is 2. The Morgan fingerprint density at radius 2 is 1.62 bits per heavy atom. The van der Waals surface area contributed by atoms with Crippen LogP contribution in [0.25, 0.3) is 0 Å². The number of carbonyl (C=O) groups is 2. The largest absolute Gasteiger partial charge is 0.462 e. The number of likely N-dealkylation sites (tertiary alicyclic amines) is 1. The lowest BCUT2D eigenvalue weighted by Gasteiger charge is -2.47. The number of esters is 1. The zero-order chi connectivity index (χ0) is 47.4. The van der Waals surface area contributed by atoms with Gasteiger partial charge in [-0.2, -0.15) is 0 Å². The fraction of sp³-hybridized carbons (Fsp3) is 0.740. The minimum atomic E-state index is -1.23. The number of aliphatic hydroxyl groups is 4. The number of piperidine rings is 1. The first kappa shape index (κ1) is 52.6. The molecule has 1 aromatic carbocycles. The summed E-state index contributed by atoms with van der Waals surface area (Å²) in [7, 11) is 3.58. The first-order valence-corrected chi connectivity index (χ1v) is 24.2. The summed E-state index contributed by atoms with van der Waals surface area (Å²) < 4.78 is 19.1. The van der Waals surface area contributed by atoms with Crippen molar-refractivity contribution < 1.29 is 49.1 Å². The van der Waals surface area contributed by atoms with Crippen molar-refractivity contribution in [1.29, 1.82) is 0 Å². The van der Waals surface area contributed by atoms with Gasteiger partial charge in [0.2, 0.25) is 0 Å². The number of benzene rings is 1. The minimum Gasteiger partial charge on any atom is -0.462 e. The van der Waals surface area contributed by atoms with Gasteiger partial charge in [0.1, 0.15) is 12.2 Å². The molecule has 4 N–H and O–H groups in total. The highest BCUT2D eigenvalue weighted by atomic mass is 16.7. The number of anilines is 1. The van der Waals surface area contributed by atoms with E-state index in [4.69, 9.17) is 19.0 Å². The minimum absolute atomic E-state index is 0.144. The molecule has 366 valence electrons. The summed E-state index contributed by atoms with van der Waals surface area (Å²) >= 11 is 0. The summed E-state index contributed by atoms with van der Waals surface area (Å²) in [4.78, 5) is 41.3. The lowest BCUT2D eigenvalue weighted by atomic mass is 9.79. The van der Waals surface area contributed by atoms with Crippen molar-refractivity contribution in [1.82, 2.24) is 14.7 Å². The first-order valence-electron chi connectivity index (χ1n) is 24.2. The Kier molecular flexibility index (Phi) is 20.3. The maximum absolute atomic E-state index is 13.6. The summed E-state index contributed by atoms with van der Waals surface area (Å²) in [5.74, 6) is -1.31. The van der Waals surface area contributed by atoms with Crippen molar-refractivity contribution in [3.63, 3.8) is 0 Å². The Labute approximate surface area is 388 Å². The van der Waals surface area contributed by atoms with Gasteiger partial charge in [0.25, 0.3) is 5.91 Å². The summed E-state index contributed by atoms with van der Waals surface area (Å²) in [6.07, 6.45) is 1.55. The van der Waals surface area contributed by atoms with E-state index in [0.29, 0.717) is 63.0 Å². The Morgan fingerprint density at radius 1 is 0.938 bits per heavy atom. The van der Waals surface area contributed by atoms with Crippen LogP contribution in [-0.2, 0) is 28.6 Å². The number of likely N-dealkylation sites (N-methyl/N-ethyl adjacent to an activating group) is 1. The molecule has 4 aliphatic heterocycles. The topological polar surface area (TPSA) is 177 Å². The highest BCUT2D eigenvalue weighted by Crippen LogP contribution is 2.36. The van der Waals surface area contributed by atoms with Crippen molar-refractivity contribution >= 4 is 23.3 Å². The van der Waals surface area contributed by atoms with Crippen LogP contribution >= 0.6 is 0 Å². The predicted molar refractivity (Wildman–Crippen MR) is 252 cm³/mol. The average Bonchev–Trinajstić information content (AvgIpc) is 3.27. The van der Waals surface area contributed by atoms with E-state index in [1.54, 1.807) is 25.9 Å². The number of para-hydroxylation sites is 1. The van der Waals surface area contributed by atoms with Gasteiger partial charge in [-0.3, -0.25) is 9.59 Å². The molecule has 4 heterocycles. The fourth-order valence-electron chi connectivity index (χ4n) is 10.4. The Hall–Kier alpha value is -3.41. The van der Waals surface area contributed by atoms with Crippen LogP contribution in [0.15, 0.2) is 59.3 Å². The Bertz CT molecular complexity index is 1710. The Balaban J connectivity index is 1.49. The zero-order valence-corrected chi connectivity index (χ0v) is 40.6. The summed E-state index contributed by atoms with van der Waals surface area (Å²) in [6.45, 7) is 18.8. The van der Waals surface area contributed by atoms with Gasteiger partial charge in [0.05, 0.1) is 49.2 Å². The van der Waals surface area contributed by atoms with Gasteiger partial charge in [-0.15, -0.1) is 0 Å². The molecule has 0 aliphatic carbocycles. The smallest absolute Gasteiger partial charge is 0.308 e. The molecule has 15 nitrogen and oxygen atoms in total. The normalized spacial score (nSPS) is 37.1. The zero-order valence-electron chi connectivity index (χ0n) is 40.6. The molecular formula is C50H81N5O10. The maximum Gasteiger partial charge on any atom is 0.308 e. The number of hydrogen-bond acceptors (Lipinski definition) is 14. The number of hydrogen-bond donors (Lipinski definition) is 4. The van der Waals surface area contributed by atoms with Gasteiger partial charge in [-0.25, -0.2) is 0 Å². The van der Waals surface area contributed by atoms with E-state index < -0.39 is 66.8 Å². The van der Waals surface area contributed by atoms with Crippen molar-refractivity contribution in [3.05, 3.63) is 54.1 Å². The van der Waals surface area contributed by atoms with Crippen molar-refractivity contribution in [2.45, 2.75) is 130 Å². The number of ether oxygens (including phenoxy) is 3. The number of rotatable bonds is 12. The van der Waals surface area contributed by atoms with Gasteiger partial charge < -0.3 is 59.1 Å². The highest BCUT2D eigenvalue weighted by molar-refractivity contribution is 5.96. The standard InChI is InChI=1S/C50H81N5O10/c1-10-43-39(30-56)25-32(2)16-17-41(51-62-31-44(58)55-22-20-54(21-23-55)40-14-12-11-13-15-40)35(5)26-38(18-19-53-28-33(3)24-34(4)29-53)49(36(6)42(57)27-45(59)64-43)65-50-48(61)46(52(8)9)47(60)37(7)63-50/h11-17,25,33-39,42-43,46-50,56-57,60-61H,10,18-24,26-31H2,1-9H3/b17-16+,32-25+,51-41+/t33?,34?,35-,36?,37+,38+,39?,42-,43-,46-,47+,48+,49-,50-/m1/s1. The van der Waals surface area contributed by atoms with Crippen molar-refractivity contribution in [2.75, 3.05) is 78.0 Å². The number of piperazine rings is 1.